The fourth-order valence-electron chi connectivity index (χ4n) is 2.23. The van der Waals surface area contributed by atoms with Gasteiger partial charge in [-0.3, -0.25) is 4.79 Å². The van der Waals surface area contributed by atoms with E-state index in [-0.39, 0.29) is 11.9 Å². The Kier molecular flexibility index (Phi) is 8.78. The summed E-state index contributed by atoms with van der Waals surface area (Å²) in [4.78, 5) is 12.5. The van der Waals surface area contributed by atoms with E-state index in [4.69, 9.17) is 0 Å². The highest BCUT2D eigenvalue weighted by atomic mass is 16.3. The van der Waals surface area contributed by atoms with Crippen molar-refractivity contribution in [3.63, 3.8) is 0 Å². The minimum atomic E-state index is -0.978. The molecule has 0 spiro atoms. The molecule has 2 N–H and O–H groups in total. The summed E-state index contributed by atoms with van der Waals surface area (Å²) in [6.45, 7) is 13.0. The highest BCUT2D eigenvalue weighted by Gasteiger charge is 2.24. The molecule has 3 heteroatoms. The van der Waals surface area contributed by atoms with Crippen molar-refractivity contribution >= 4 is 5.91 Å². The van der Waals surface area contributed by atoms with Gasteiger partial charge in [-0.1, -0.05) is 56.0 Å². The third-order valence-corrected chi connectivity index (χ3v) is 4.27. The largest absolute Gasteiger partial charge is 0.388 e. The number of aliphatic hydroxyl groups is 1. The first-order valence-corrected chi connectivity index (χ1v) is 9.32. The standard InChI is InChI=1S/C24H31NO2/c1-7-10-22(23(26)25-19(4)24(5,6)27)16-15-20(8-2)13-14-21-12-9-11-18(3)17-21/h8-9,11-12,15-17,19,27H,2,7,10H2,1,3-6H3,(H,25,26). The molecule has 27 heavy (non-hydrogen) atoms. The molecule has 1 atom stereocenters. The summed E-state index contributed by atoms with van der Waals surface area (Å²) in [5.41, 5.74) is 2.53. The molecule has 1 rings (SSSR count). The number of aryl methyl sites for hydroxylation is 1. The number of benzene rings is 1. The first-order chi connectivity index (χ1) is 12.7. The van der Waals surface area contributed by atoms with Crippen LogP contribution in [0.5, 0.6) is 0 Å². The molecule has 0 fully saturated rings. The number of carbonyl (C=O) groups is 1. The minimum Gasteiger partial charge on any atom is -0.388 e. The van der Waals surface area contributed by atoms with Crippen molar-refractivity contribution in [2.24, 2.45) is 0 Å². The Morgan fingerprint density at radius 2 is 2.07 bits per heavy atom. The maximum atomic E-state index is 12.5. The molecule has 0 aliphatic carbocycles. The van der Waals surface area contributed by atoms with E-state index in [0.29, 0.717) is 12.0 Å². The Hall–Kier alpha value is -2.57. The van der Waals surface area contributed by atoms with Crippen molar-refractivity contribution in [1.82, 2.24) is 5.32 Å². The smallest absolute Gasteiger partial charge is 0.247 e. The zero-order valence-corrected chi connectivity index (χ0v) is 17.1. The molecule has 0 aliphatic rings. The maximum Gasteiger partial charge on any atom is 0.247 e. The average molecular weight is 366 g/mol. The molecule has 1 amide bonds. The van der Waals surface area contributed by atoms with Crippen LogP contribution in [0.2, 0.25) is 0 Å². The second-order valence-corrected chi connectivity index (χ2v) is 7.24. The number of amides is 1. The number of rotatable bonds is 7. The molecular formula is C24H31NO2. The SMILES string of the molecule is C=CC(C#Cc1cccc(C)c1)=CC=C(CCC)C(=O)NC(C)C(C)(C)O. The molecule has 0 bridgehead atoms. The van der Waals surface area contributed by atoms with Gasteiger partial charge < -0.3 is 10.4 Å². The Morgan fingerprint density at radius 1 is 1.37 bits per heavy atom. The lowest BCUT2D eigenvalue weighted by Gasteiger charge is -2.27. The number of carbonyl (C=O) groups excluding carboxylic acids is 1. The van der Waals surface area contributed by atoms with Gasteiger partial charge in [0.15, 0.2) is 0 Å². The third-order valence-electron chi connectivity index (χ3n) is 4.27. The molecule has 0 saturated carbocycles. The molecule has 144 valence electrons. The van der Waals surface area contributed by atoms with Gasteiger partial charge in [0.25, 0.3) is 0 Å². The quantitative estimate of drug-likeness (QED) is 0.426. The molecular weight excluding hydrogens is 334 g/mol. The van der Waals surface area contributed by atoms with Crippen molar-refractivity contribution in [2.45, 2.75) is 59.1 Å². The van der Waals surface area contributed by atoms with Crippen LogP contribution >= 0.6 is 0 Å². The molecule has 0 aliphatic heterocycles. The van der Waals surface area contributed by atoms with Crippen LogP contribution in [0.3, 0.4) is 0 Å². The Balaban J connectivity index is 3.02. The topological polar surface area (TPSA) is 49.3 Å². The second kappa shape index (κ2) is 10.5. The molecule has 3 nitrogen and oxygen atoms in total. The van der Waals surface area contributed by atoms with E-state index in [0.717, 1.165) is 23.1 Å². The summed E-state index contributed by atoms with van der Waals surface area (Å²) >= 11 is 0. The monoisotopic (exact) mass is 365 g/mol. The van der Waals surface area contributed by atoms with Crippen LogP contribution in [0, 0.1) is 18.8 Å². The van der Waals surface area contributed by atoms with Crippen LogP contribution in [0.15, 0.2) is 60.2 Å². The van der Waals surface area contributed by atoms with E-state index in [1.807, 2.05) is 44.2 Å². The maximum absolute atomic E-state index is 12.5. The van der Waals surface area contributed by atoms with Gasteiger partial charge in [-0.05, 0) is 57.9 Å². The normalized spacial score (nSPS) is 13.4. The number of hydrogen-bond donors (Lipinski definition) is 2. The average Bonchev–Trinajstić information content (AvgIpc) is 2.59. The molecule has 0 heterocycles. The number of allylic oxidation sites excluding steroid dienone is 4. The predicted octanol–water partition coefficient (Wildman–Crippen LogP) is 4.46. The van der Waals surface area contributed by atoms with Crippen LogP contribution in [-0.4, -0.2) is 22.7 Å². The summed E-state index contributed by atoms with van der Waals surface area (Å²) in [6, 6.07) is 7.64. The third kappa shape index (κ3) is 8.11. The van der Waals surface area contributed by atoms with E-state index in [1.54, 1.807) is 32.9 Å². The summed E-state index contributed by atoms with van der Waals surface area (Å²) in [5.74, 6) is 6.04. The van der Waals surface area contributed by atoms with Crippen LogP contribution in [0.1, 0.15) is 51.7 Å². The van der Waals surface area contributed by atoms with Gasteiger partial charge in [0.1, 0.15) is 0 Å². The Labute approximate surface area is 163 Å². The van der Waals surface area contributed by atoms with Gasteiger partial charge in [-0.2, -0.15) is 0 Å². The molecule has 0 aromatic heterocycles. The van der Waals surface area contributed by atoms with Crippen LogP contribution < -0.4 is 5.32 Å². The van der Waals surface area contributed by atoms with Crippen molar-refractivity contribution in [1.29, 1.82) is 0 Å². The van der Waals surface area contributed by atoms with Gasteiger partial charge >= 0.3 is 0 Å². The second-order valence-electron chi connectivity index (χ2n) is 7.24. The lowest BCUT2D eigenvalue weighted by atomic mass is 10.00. The fraction of sp³-hybridized carbons (Fsp3) is 0.375. The highest BCUT2D eigenvalue weighted by molar-refractivity contribution is 5.94. The molecule has 1 aromatic rings. The number of nitrogens with one attached hydrogen (secondary N) is 1. The van der Waals surface area contributed by atoms with Gasteiger partial charge in [-0.15, -0.1) is 0 Å². The predicted molar refractivity (Wildman–Crippen MR) is 113 cm³/mol. The van der Waals surface area contributed by atoms with Crippen molar-refractivity contribution in [2.75, 3.05) is 0 Å². The summed E-state index contributed by atoms with van der Waals surface area (Å²) in [7, 11) is 0. The number of hydrogen-bond acceptors (Lipinski definition) is 2. The van der Waals surface area contributed by atoms with E-state index in [1.165, 1.54) is 0 Å². The van der Waals surface area contributed by atoms with E-state index >= 15 is 0 Å². The van der Waals surface area contributed by atoms with Crippen molar-refractivity contribution < 1.29 is 9.90 Å². The highest BCUT2D eigenvalue weighted by Crippen LogP contribution is 2.12. The fourth-order valence-corrected chi connectivity index (χ4v) is 2.23. The van der Waals surface area contributed by atoms with Crippen LogP contribution in [0.4, 0.5) is 0 Å². The van der Waals surface area contributed by atoms with Gasteiger partial charge in [-0.25, -0.2) is 0 Å². The zero-order valence-electron chi connectivity index (χ0n) is 17.1. The van der Waals surface area contributed by atoms with E-state index in [2.05, 4.69) is 23.7 Å². The Morgan fingerprint density at radius 3 is 2.63 bits per heavy atom. The summed E-state index contributed by atoms with van der Waals surface area (Å²) in [5, 5.41) is 12.9. The van der Waals surface area contributed by atoms with Gasteiger partial charge in [0.2, 0.25) is 5.91 Å². The molecule has 0 radical (unpaired) electrons. The van der Waals surface area contributed by atoms with Gasteiger partial charge in [0, 0.05) is 16.7 Å². The minimum absolute atomic E-state index is 0.169. The van der Waals surface area contributed by atoms with Gasteiger partial charge in [0.05, 0.1) is 11.6 Å². The lowest BCUT2D eigenvalue weighted by molar-refractivity contribution is -0.119. The molecule has 1 unspecified atom stereocenters. The molecule has 0 saturated heterocycles. The van der Waals surface area contributed by atoms with Crippen molar-refractivity contribution in [3.05, 3.63) is 71.3 Å². The van der Waals surface area contributed by atoms with E-state index in [9.17, 15) is 9.90 Å². The molecule has 1 aromatic carbocycles. The van der Waals surface area contributed by atoms with E-state index < -0.39 is 5.60 Å². The zero-order chi connectivity index (χ0) is 20.4. The Bertz CT molecular complexity index is 783. The van der Waals surface area contributed by atoms with Crippen molar-refractivity contribution in [3.8, 4) is 11.8 Å². The van der Waals surface area contributed by atoms with Crippen LogP contribution in [-0.2, 0) is 4.79 Å². The first-order valence-electron chi connectivity index (χ1n) is 9.32. The van der Waals surface area contributed by atoms with Crippen LogP contribution in [0.25, 0.3) is 0 Å². The first kappa shape index (κ1) is 22.5. The summed E-state index contributed by atoms with van der Waals surface area (Å²) in [6.07, 6.45) is 6.78. The lowest BCUT2D eigenvalue weighted by Crippen LogP contribution is -2.47. The summed E-state index contributed by atoms with van der Waals surface area (Å²) < 4.78 is 0.